The average Bonchev–Trinajstić information content (AvgIpc) is 2.70. The van der Waals surface area contributed by atoms with Crippen molar-refractivity contribution in [3.05, 3.63) is 5.82 Å². The summed E-state index contributed by atoms with van der Waals surface area (Å²) in [5.74, 6) is 1.48. The monoisotopic (exact) mass is 266 g/mol. The van der Waals surface area contributed by atoms with Gasteiger partial charge in [-0.05, 0) is 25.7 Å². The number of aromatic nitrogens is 3. The van der Waals surface area contributed by atoms with Gasteiger partial charge in [-0.2, -0.15) is 0 Å². The lowest BCUT2D eigenvalue weighted by molar-refractivity contribution is -0.131. The van der Waals surface area contributed by atoms with Crippen LogP contribution in [0.25, 0.3) is 0 Å². The van der Waals surface area contributed by atoms with Crippen molar-refractivity contribution >= 4 is 11.9 Å². The van der Waals surface area contributed by atoms with Gasteiger partial charge in [0.2, 0.25) is 11.9 Å². The van der Waals surface area contributed by atoms with Crippen LogP contribution >= 0.6 is 0 Å². The normalized spacial score (nSPS) is 23.6. The minimum absolute atomic E-state index is 0.0110. The molecule has 1 aromatic rings. The van der Waals surface area contributed by atoms with Gasteiger partial charge < -0.3 is 9.30 Å². The highest BCUT2D eigenvalue weighted by atomic mass is 16.5. The van der Waals surface area contributed by atoms with Gasteiger partial charge in [-0.25, -0.2) is 0 Å². The van der Waals surface area contributed by atoms with Gasteiger partial charge in [0.05, 0.1) is 12.0 Å². The predicted molar refractivity (Wildman–Crippen MR) is 71.7 cm³/mol. The fraction of sp³-hybridized carbons (Fsp3) is 0.769. The first-order valence-electron chi connectivity index (χ1n) is 6.79. The number of aryl methyl sites for hydroxylation is 1. The lowest BCUT2D eigenvalue weighted by Crippen LogP contribution is -2.41. The Balaban J connectivity index is 2.07. The minimum Gasteiger partial charge on any atom is -0.377 e. The van der Waals surface area contributed by atoms with Crippen molar-refractivity contribution in [1.82, 2.24) is 14.8 Å². The summed E-state index contributed by atoms with van der Waals surface area (Å²) in [6.07, 6.45) is 1.79. The van der Waals surface area contributed by atoms with Crippen LogP contribution in [0.1, 0.15) is 32.5 Å². The number of hydrogen-bond donors (Lipinski definition) is 1. The van der Waals surface area contributed by atoms with Crippen molar-refractivity contribution in [2.45, 2.75) is 39.7 Å². The Bertz CT molecular complexity index is 455. The Labute approximate surface area is 113 Å². The van der Waals surface area contributed by atoms with Crippen LogP contribution in [0.5, 0.6) is 0 Å². The van der Waals surface area contributed by atoms with E-state index < -0.39 is 0 Å². The SMILES string of the molecule is Cc1nnc(NC(=O)[C@H]2CCCO[C@H]2C(C)C)n1C. The van der Waals surface area contributed by atoms with E-state index in [1.807, 2.05) is 14.0 Å². The van der Waals surface area contributed by atoms with Crippen LogP contribution in [-0.2, 0) is 16.6 Å². The second-order valence-electron chi connectivity index (χ2n) is 5.45. The zero-order valence-corrected chi connectivity index (χ0v) is 12.0. The van der Waals surface area contributed by atoms with Gasteiger partial charge in [0.15, 0.2) is 0 Å². The topological polar surface area (TPSA) is 69.0 Å². The predicted octanol–water partition coefficient (Wildman–Crippen LogP) is 1.51. The molecule has 1 fully saturated rings. The van der Waals surface area contributed by atoms with E-state index in [1.54, 1.807) is 4.57 Å². The highest BCUT2D eigenvalue weighted by molar-refractivity contribution is 5.91. The number of carbonyl (C=O) groups is 1. The number of anilines is 1. The maximum atomic E-state index is 12.4. The van der Waals surface area contributed by atoms with Crippen molar-refractivity contribution in [1.29, 1.82) is 0 Å². The van der Waals surface area contributed by atoms with Gasteiger partial charge >= 0.3 is 0 Å². The molecule has 0 spiro atoms. The van der Waals surface area contributed by atoms with Crippen LogP contribution in [0.15, 0.2) is 0 Å². The second-order valence-corrected chi connectivity index (χ2v) is 5.45. The van der Waals surface area contributed by atoms with Crippen LogP contribution in [0.4, 0.5) is 5.95 Å². The molecule has 1 saturated heterocycles. The second kappa shape index (κ2) is 5.69. The Kier molecular flexibility index (Phi) is 4.19. The van der Waals surface area contributed by atoms with Gasteiger partial charge in [-0.3, -0.25) is 10.1 Å². The molecule has 19 heavy (non-hydrogen) atoms. The maximum absolute atomic E-state index is 12.4. The molecule has 6 nitrogen and oxygen atoms in total. The van der Waals surface area contributed by atoms with E-state index in [1.165, 1.54) is 0 Å². The third-order valence-electron chi connectivity index (χ3n) is 3.69. The van der Waals surface area contributed by atoms with Crippen molar-refractivity contribution in [2.24, 2.45) is 18.9 Å². The molecule has 2 atom stereocenters. The van der Waals surface area contributed by atoms with Crippen LogP contribution in [0, 0.1) is 18.8 Å². The molecule has 1 N–H and O–H groups in total. The van der Waals surface area contributed by atoms with Gasteiger partial charge in [-0.15, -0.1) is 10.2 Å². The maximum Gasteiger partial charge on any atom is 0.232 e. The lowest BCUT2D eigenvalue weighted by atomic mass is 9.87. The summed E-state index contributed by atoms with van der Waals surface area (Å²) in [4.78, 5) is 12.4. The molecule has 1 amide bonds. The van der Waals surface area contributed by atoms with Crippen LogP contribution in [0.2, 0.25) is 0 Å². The van der Waals surface area contributed by atoms with E-state index in [0.717, 1.165) is 25.3 Å². The summed E-state index contributed by atoms with van der Waals surface area (Å²) in [6, 6.07) is 0. The number of ether oxygens (including phenoxy) is 1. The highest BCUT2D eigenvalue weighted by Gasteiger charge is 2.34. The van der Waals surface area contributed by atoms with E-state index >= 15 is 0 Å². The molecule has 2 rings (SSSR count). The molecule has 0 bridgehead atoms. The molecule has 1 aliphatic heterocycles. The quantitative estimate of drug-likeness (QED) is 0.900. The fourth-order valence-corrected chi connectivity index (χ4v) is 2.46. The van der Waals surface area contributed by atoms with E-state index in [4.69, 9.17) is 4.74 Å². The Morgan fingerprint density at radius 3 is 2.79 bits per heavy atom. The van der Waals surface area contributed by atoms with Crippen LogP contribution in [-0.4, -0.2) is 33.4 Å². The Hall–Kier alpha value is -1.43. The zero-order chi connectivity index (χ0) is 14.0. The number of nitrogens with one attached hydrogen (secondary N) is 1. The Morgan fingerprint density at radius 2 is 2.21 bits per heavy atom. The molecular formula is C13H22N4O2. The smallest absolute Gasteiger partial charge is 0.232 e. The third-order valence-corrected chi connectivity index (χ3v) is 3.69. The first kappa shape index (κ1) is 14.0. The van der Waals surface area contributed by atoms with Crippen LogP contribution < -0.4 is 5.32 Å². The summed E-state index contributed by atoms with van der Waals surface area (Å²) in [5.41, 5.74) is 0. The van der Waals surface area contributed by atoms with Gasteiger partial charge in [0, 0.05) is 13.7 Å². The summed E-state index contributed by atoms with van der Waals surface area (Å²) in [5, 5.41) is 10.8. The number of amides is 1. The first-order valence-corrected chi connectivity index (χ1v) is 6.79. The Morgan fingerprint density at radius 1 is 1.47 bits per heavy atom. The third kappa shape index (κ3) is 2.94. The van der Waals surface area contributed by atoms with Crippen molar-refractivity contribution in [3.8, 4) is 0 Å². The van der Waals surface area contributed by atoms with Crippen molar-refractivity contribution in [3.63, 3.8) is 0 Å². The largest absolute Gasteiger partial charge is 0.377 e. The molecule has 2 heterocycles. The number of carbonyl (C=O) groups excluding carboxylic acids is 1. The fourth-order valence-electron chi connectivity index (χ4n) is 2.46. The molecule has 0 radical (unpaired) electrons. The molecule has 1 aliphatic rings. The molecule has 0 aromatic carbocycles. The molecule has 1 aromatic heterocycles. The van der Waals surface area contributed by atoms with Crippen LogP contribution in [0.3, 0.4) is 0 Å². The lowest BCUT2D eigenvalue weighted by Gasteiger charge is -2.33. The van der Waals surface area contributed by atoms with Crippen molar-refractivity contribution in [2.75, 3.05) is 11.9 Å². The number of rotatable bonds is 3. The first-order chi connectivity index (χ1) is 9.00. The minimum atomic E-state index is -0.106. The molecular weight excluding hydrogens is 244 g/mol. The van der Waals surface area contributed by atoms with E-state index in [-0.39, 0.29) is 17.9 Å². The molecule has 0 aliphatic carbocycles. The van der Waals surface area contributed by atoms with E-state index in [0.29, 0.717) is 11.9 Å². The zero-order valence-electron chi connectivity index (χ0n) is 12.0. The number of nitrogens with zero attached hydrogens (tertiary/aromatic N) is 3. The van der Waals surface area contributed by atoms with E-state index in [9.17, 15) is 4.79 Å². The van der Waals surface area contributed by atoms with Gasteiger partial charge in [0.25, 0.3) is 0 Å². The summed E-state index contributed by atoms with van der Waals surface area (Å²) in [6.45, 7) is 6.77. The summed E-state index contributed by atoms with van der Waals surface area (Å²) >= 11 is 0. The van der Waals surface area contributed by atoms with Gasteiger partial charge in [-0.1, -0.05) is 13.8 Å². The standard InChI is InChI=1S/C13H22N4O2/c1-8(2)11-10(6-5-7-19-11)12(18)14-13-16-15-9(3)17(13)4/h8,10-11H,5-7H2,1-4H3,(H,14,16,18)/t10-,11-/m0/s1. The van der Waals surface area contributed by atoms with Gasteiger partial charge in [0.1, 0.15) is 5.82 Å². The summed E-state index contributed by atoms with van der Waals surface area (Å²) < 4.78 is 7.51. The van der Waals surface area contributed by atoms with Crippen molar-refractivity contribution < 1.29 is 9.53 Å². The molecule has 0 unspecified atom stereocenters. The molecule has 106 valence electrons. The average molecular weight is 266 g/mol. The highest BCUT2D eigenvalue weighted by Crippen LogP contribution is 2.27. The van der Waals surface area contributed by atoms with E-state index in [2.05, 4.69) is 29.4 Å². The number of hydrogen-bond acceptors (Lipinski definition) is 4. The summed E-state index contributed by atoms with van der Waals surface area (Å²) in [7, 11) is 1.84. The molecule has 6 heteroatoms. The molecule has 0 saturated carbocycles.